The molecule has 0 heteroatoms. The van der Waals surface area contributed by atoms with Crippen LogP contribution in [0.15, 0.2) is 24.3 Å². The molecule has 69 valence electrons. The van der Waals surface area contributed by atoms with Gasteiger partial charge < -0.3 is 0 Å². The highest BCUT2D eigenvalue weighted by molar-refractivity contribution is 4.99. The van der Waals surface area contributed by atoms with Crippen LogP contribution in [0.1, 0.15) is 39.5 Å². The third-order valence-electron chi connectivity index (χ3n) is 1.88. The summed E-state index contributed by atoms with van der Waals surface area (Å²) in [6, 6.07) is 0. The van der Waals surface area contributed by atoms with Crippen LogP contribution in [0.25, 0.3) is 0 Å². The molecule has 0 nitrogen and oxygen atoms in total. The van der Waals surface area contributed by atoms with Crippen molar-refractivity contribution in [2.45, 2.75) is 39.5 Å². The van der Waals surface area contributed by atoms with Crippen molar-refractivity contribution in [1.82, 2.24) is 0 Å². The van der Waals surface area contributed by atoms with E-state index >= 15 is 0 Å². The van der Waals surface area contributed by atoms with Crippen LogP contribution in [0.4, 0.5) is 0 Å². The molecule has 1 radical (unpaired) electrons. The Hall–Kier alpha value is -0.520. The summed E-state index contributed by atoms with van der Waals surface area (Å²) in [7, 11) is 0. The van der Waals surface area contributed by atoms with Crippen LogP contribution in [0, 0.1) is 12.8 Å². The topological polar surface area (TPSA) is 0 Å². The van der Waals surface area contributed by atoms with E-state index in [-0.39, 0.29) is 0 Å². The maximum Gasteiger partial charge on any atom is -0.00536 e. The summed E-state index contributed by atoms with van der Waals surface area (Å²) in [6.45, 7) is 8.18. The Morgan fingerprint density at radius 2 is 2.08 bits per heavy atom. The molecule has 0 saturated heterocycles. The second kappa shape index (κ2) is 8.58. The molecular formula is C12H21. The molecule has 0 aromatic heterocycles. The second-order valence-electron chi connectivity index (χ2n) is 3.05. The maximum atomic E-state index is 3.90. The molecule has 1 unspecified atom stereocenters. The number of rotatable bonds is 6. The molecule has 0 fully saturated rings. The normalized spacial score (nSPS) is 14.6. The smallest absolute Gasteiger partial charge is 0.00536 e. The zero-order chi connectivity index (χ0) is 9.23. The summed E-state index contributed by atoms with van der Waals surface area (Å²) in [5, 5.41) is 0. The predicted molar refractivity (Wildman–Crippen MR) is 56.9 cm³/mol. The summed E-state index contributed by atoms with van der Waals surface area (Å²) in [5.74, 6) is 0.548. The Kier molecular flexibility index (Phi) is 8.20. The van der Waals surface area contributed by atoms with Gasteiger partial charge in [0.15, 0.2) is 0 Å². The minimum Gasteiger partial charge on any atom is -0.0911 e. The monoisotopic (exact) mass is 165 g/mol. The Balaban J connectivity index is 3.61. The van der Waals surface area contributed by atoms with Gasteiger partial charge in [-0.1, -0.05) is 51.0 Å². The lowest BCUT2D eigenvalue weighted by Crippen LogP contribution is -1.87. The lowest BCUT2D eigenvalue weighted by Gasteiger charge is -2.01. The minimum atomic E-state index is 0.548. The van der Waals surface area contributed by atoms with Gasteiger partial charge in [-0.15, -0.1) is 0 Å². The summed E-state index contributed by atoms with van der Waals surface area (Å²) in [6.07, 6.45) is 13.6. The molecule has 0 N–H and O–H groups in total. The molecule has 0 aliphatic rings. The van der Waals surface area contributed by atoms with Crippen LogP contribution in [0.2, 0.25) is 0 Å². The Bertz CT molecular complexity index is 131. The summed E-state index contributed by atoms with van der Waals surface area (Å²) in [4.78, 5) is 0. The van der Waals surface area contributed by atoms with Crippen LogP contribution in [0.3, 0.4) is 0 Å². The highest BCUT2D eigenvalue weighted by atomic mass is 14.0. The molecule has 0 bridgehead atoms. The lowest BCUT2D eigenvalue weighted by molar-refractivity contribution is 0.788. The molecule has 0 amide bonds. The Labute approximate surface area is 77.4 Å². The van der Waals surface area contributed by atoms with Gasteiger partial charge in [-0.05, 0) is 25.7 Å². The Morgan fingerprint density at radius 1 is 1.33 bits per heavy atom. The van der Waals surface area contributed by atoms with Crippen molar-refractivity contribution in [3.63, 3.8) is 0 Å². The first-order valence-electron chi connectivity index (χ1n) is 4.93. The summed E-state index contributed by atoms with van der Waals surface area (Å²) < 4.78 is 0. The van der Waals surface area contributed by atoms with Crippen LogP contribution >= 0.6 is 0 Å². The fourth-order valence-electron chi connectivity index (χ4n) is 1.10. The molecule has 0 aliphatic carbocycles. The van der Waals surface area contributed by atoms with E-state index in [1.165, 1.54) is 19.3 Å². The van der Waals surface area contributed by atoms with Crippen molar-refractivity contribution in [1.29, 1.82) is 0 Å². The molecule has 1 atom stereocenters. The molecule has 0 rings (SSSR count). The molecule has 0 spiro atoms. The quantitative estimate of drug-likeness (QED) is 0.409. The van der Waals surface area contributed by atoms with Crippen LogP contribution in [0.5, 0.6) is 0 Å². The van der Waals surface area contributed by atoms with Gasteiger partial charge in [0.1, 0.15) is 0 Å². The van der Waals surface area contributed by atoms with E-state index in [4.69, 9.17) is 0 Å². The average Bonchev–Trinajstić information content (AvgIpc) is 2.10. The number of allylic oxidation sites excluding steroid dienone is 4. The van der Waals surface area contributed by atoms with Crippen molar-refractivity contribution in [3.05, 3.63) is 31.2 Å². The van der Waals surface area contributed by atoms with E-state index in [9.17, 15) is 0 Å². The SMILES string of the molecule is [CH2]CC(C=CC)C=CCCCC. The average molecular weight is 165 g/mol. The first-order chi connectivity index (χ1) is 5.85. The third kappa shape index (κ3) is 6.21. The molecule has 12 heavy (non-hydrogen) atoms. The third-order valence-corrected chi connectivity index (χ3v) is 1.88. The van der Waals surface area contributed by atoms with Gasteiger partial charge in [-0.25, -0.2) is 0 Å². The van der Waals surface area contributed by atoms with Gasteiger partial charge in [-0.3, -0.25) is 0 Å². The molecule has 0 aromatic carbocycles. The number of hydrogen-bond acceptors (Lipinski definition) is 0. The largest absolute Gasteiger partial charge is 0.0911 e. The van der Waals surface area contributed by atoms with Gasteiger partial charge in [0.2, 0.25) is 0 Å². The summed E-state index contributed by atoms with van der Waals surface area (Å²) in [5.41, 5.74) is 0. The fourth-order valence-corrected chi connectivity index (χ4v) is 1.10. The first-order valence-corrected chi connectivity index (χ1v) is 4.93. The van der Waals surface area contributed by atoms with Gasteiger partial charge in [0.05, 0.1) is 0 Å². The van der Waals surface area contributed by atoms with Crippen molar-refractivity contribution in [2.24, 2.45) is 5.92 Å². The molecule has 0 heterocycles. The number of hydrogen-bond donors (Lipinski definition) is 0. The first kappa shape index (κ1) is 11.5. The van der Waals surface area contributed by atoms with E-state index in [1.54, 1.807) is 0 Å². The highest BCUT2D eigenvalue weighted by Gasteiger charge is 1.92. The van der Waals surface area contributed by atoms with Crippen molar-refractivity contribution in [2.75, 3.05) is 0 Å². The van der Waals surface area contributed by atoms with Gasteiger partial charge >= 0.3 is 0 Å². The maximum absolute atomic E-state index is 3.90. The van der Waals surface area contributed by atoms with E-state index in [0.717, 1.165) is 6.42 Å². The molecule has 0 saturated carbocycles. The van der Waals surface area contributed by atoms with Crippen molar-refractivity contribution < 1.29 is 0 Å². The highest BCUT2D eigenvalue weighted by Crippen LogP contribution is 2.07. The van der Waals surface area contributed by atoms with Crippen molar-refractivity contribution in [3.8, 4) is 0 Å². The van der Waals surface area contributed by atoms with Gasteiger partial charge in [-0.2, -0.15) is 0 Å². The zero-order valence-electron chi connectivity index (χ0n) is 8.42. The van der Waals surface area contributed by atoms with Crippen LogP contribution in [-0.2, 0) is 0 Å². The van der Waals surface area contributed by atoms with Crippen LogP contribution < -0.4 is 0 Å². The molecule has 0 aromatic rings. The predicted octanol–water partition coefficient (Wildman–Crippen LogP) is 4.15. The van der Waals surface area contributed by atoms with E-state index in [0.29, 0.717) is 5.92 Å². The Morgan fingerprint density at radius 3 is 2.58 bits per heavy atom. The molecular weight excluding hydrogens is 144 g/mol. The van der Waals surface area contributed by atoms with Gasteiger partial charge in [0.25, 0.3) is 0 Å². The zero-order valence-corrected chi connectivity index (χ0v) is 8.42. The summed E-state index contributed by atoms with van der Waals surface area (Å²) >= 11 is 0. The number of unbranched alkanes of at least 4 members (excludes halogenated alkanes) is 2. The van der Waals surface area contributed by atoms with E-state index in [1.807, 2.05) is 0 Å². The van der Waals surface area contributed by atoms with E-state index < -0.39 is 0 Å². The van der Waals surface area contributed by atoms with E-state index in [2.05, 4.69) is 45.1 Å². The minimum absolute atomic E-state index is 0.548. The molecule has 0 aliphatic heterocycles. The second-order valence-corrected chi connectivity index (χ2v) is 3.05. The fraction of sp³-hybridized carbons (Fsp3) is 0.583. The van der Waals surface area contributed by atoms with Gasteiger partial charge in [0, 0.05) is 0 Å². The standard InChI is InChI=1S/C12H21/c1-4-7-8-9-11-12(6-3)10-5-2/h5,9-12H,3-4,6-8H2,1-2H3. The lowest BCUT2D eigenvalue weighted by atomic mass is 10.0. The van der Waals surface area contributed by atoms with Crippen molar-refractivity contribution >= 4 is 0 Å². The van der Waals surface area contributed by atoms with Crippen LogP contribution in [-0.4, -0.2) is 0 Å².